The lowest BCUT2D eigenvalue weighted by Gasteiger charge is -2.29. The lowest BCUT2D eigenvalue weighted by molar-refractivity contribution is 0.701. The van der Waals surface area contributed by atoms with E-state index in [0.29, 0.717) is 6.04 Å². The van der Waals surface area contributed by atoms with Crippen LogP contribution in [0, 0.1) is 12.3 Å². The van der Waals surface area contributed by atoms with E-state index < -0.39 is 0 Å². The summed E-state index contributed by atoms with van der Waals surface area (Å²) in [6.07, 6.45) is 0. The monoisotopic (exact) mass is 219 g/mol. The van der Waals surface area contributed by atoms with Gasteiger partial charge in [-0.25, -0.2) is 0 Å². The van der Waals surface area contributed by atoms with Gasteiger partial charge in [0.25, 0.3) is 0 Å². The number of nitrogens with two attached hydrogens (primary N) is 1. The molecule has 1 rings (SSSR count). The van der Waals surface area contributed by atoms with Crippen molar-refractivity contribution >= 4 is 11.5 Å². The topological polar surface area (TPSA) is 53.1 Å². The van der Waals surface area contributed by atoms with Crippen molar-refractivity contribution < 1.29 is 0 Å². The number of rotatable bonds is 4. The van der Waals surface area contributed by atoms with E-state index in [0.717, 1.165) is 12.1 Å². The third-order valence-corrected chi connectivity index (χ3v) is 2.78. The van der Waals surface area contributed by atoms with Crippen LogP contribution in [0.4, 0.5) is 5.69 Å². The van der Waals surface area contributed by atoms with Crippen LogP contribution in [-0.2, 0) is 0 Å². The number of hydrogen-bond donors (Lipinski definition) is 2. The Bertz CT molecular complexity index is 383. The minimum atomic E-state index is 0.127. The number of nitrogen functional groups attached to an aromatic ring is 1. The summed E-state index contributed by atoms with van der Waals surface area (Å²) >= 11 is 0. The molecule has 3 heteroatoms. The van der Waals surface area contributed by atoms with E-state index >= 15 is 0 Å². The van der Waals surface area contributed by atoms with E-state index in [1.54, 1.807) is 0 Å². The first-order valence-corrected chi connectivity index (χ1v) is 5.69. The number of anilines is 1. The molecule has 88 valence electrons. The van der Waals surface area contributed by atoms with Crippen molar-refractivity contribution in [1.29, 1.82) is 5.41 Å². The molecule has 0 aliphatic heterocycles. The number of hydrogen-bond acceptors (Lipinski definition) is 2. The van der Waals surface area contributed by atoms with Gasteiger partial charge in [-0.05, 0) is 51.5 Å². The summed E-state index contributed by atoms with van der Waals surface area (Å²) in [4.78, 5) is 2.33. The Morgan fingerprint density at radius 3 is 2.44 bits per heavy atom. The summed E-state index contributed by atoms with van der Waals surface area (Å²) < 4.78 is 0. The lowest BCUT2D eigenvalue weighted by atomic mass is 10.1. The molecule has 0 aromatic heterocycles. The lowest BCUT2D eigenvalue weighted by Crippen LogP contribution is -2.31. The average molecular weight is 219 g/mol. The van der Waals surface area contributed by atoms with Crippen molar-refractivity contribution in [2.75, 3.05) is 11.4 Å². The first-order chi connectivity index (χ1) is 7.47. The van der Waals surface area contributed by atoms with Crippen molar-refractivity contribution in [3.05, 3.63) is 29.3 Å². The van der Waals surface area contributed by atoms with Gasteiger partial charge in [-0.2, -0.15) is 0 Å². The molecule has 0 radical (unpaired) electrons. The molecular weight excluding hydrogens is 198 g/mol. The molecule has 1 aromatic rings. The summed E-state index contributed by atoms with van der Waals surface area (Å²) in [5, 5.41) is 7.40. The normalized spacial score (nSPS) is 10.6. The first-order valence-electron chi connectivity index (χ1n) is 5.69. The van der Waals surface area contributed by atoms with E-state index in [1.807, 2.05) is 12.1 Å². The molecule has 0 bridgehead atoms. The number of aryl methyl sites for hydroxylation is 1. The Morgan fingerprint density at radius 1 is 1.44 bits per heavy atom. The fourth-order valence-electron chi connectivity index (χ4n) is 1.96. The second kappa shape index (κ2) is 5.01. The van der Waals surface area contributed by atoms with Crippen molar-refractivity contribution in [2.24, 2.45) is 5.73 Å². The van der Waals surface area contributed by atoms with Crippen molar-refractivity contribution in [3.8, 4) is 0 Å². The fraction of sp³-hybridized carbons (Fsp3) is 0.462. The standard InChI is InChI=1S/C13H21N3/c1-5-16(9(2)3)12-7-6-11(13(14)15)8-10(12)4/h6-9H,5H2,1-4H3,(H3,14,15). The Morgan fingerprint density at radius 2 is 2.06 bits per heavy atom. The van der Waals surface area contributed by atoms with Gasteiger partial charge in [0.15, 0.2) is 0 Å². The number of amidine groups is 1. The average Bonchev–Trinajstić information content (AvgIpc) is 2.20. The smallest absolute Gasteiger partial charge is 0.122 e. The van der Waals surface area contributed by atoms with Gasteiger partial charge in [0.1, 0.15) is 5.84 Å². The molecule has 0 spiro atoms. The molecule has 3 N–H and O–H groups in total. The Kier molecular flexibility index (Phi) is 3.93. The molecule has 0 unspecified atom stereocenters. The summed E-state index contributed by atoms with van der Waals surface area (Å²) in [5.41, 5.74) is 8.66. The zero-order chi connectivity index (χ0) is 12.3. The number of nitrogens with zero attached hydrogens (tertiary/aromatic N) is 1. The predicted octanol–water partition coefficient (Wildman–Crippen LogP) is 2.51. The van der Waals surface area contributed by atoms with Crippen LogP contribution in [0.1, 0.15) is 31.9 Å². The quantitative estimate of drug-likeness (QED) is 0.604. The van der Waals surface area contributed by atoms with E-state index in [9.17, 15) is 0 Å². The minimum absolute atomic E-state index is 0.127. The third kappa shape index (κ3) is 2.54. The van der Waals surface area contributed by atoms with E-state index in [2.05, 4.69) is 38.7 Å². The highest BCUT2D eigenvalue weighted by atomic mass is 15.1. The van der Waals surface area contributed by atoms with Gasteiger partial charge < -0.3 is 10.6 Å². The second-order valence-electron chi connectivity index (χ2n) is 4.29. The van der Waals surface area contributed by atoms with Crippen LogP contribution in [-0.4, -0.2) is 18.4 Å². The molecule has 0 atom stereocenters. The van der Waals surface area contributed by atoms with Crippen LogP contribution < -0.4 is 10.6 Å². The van der Waals surface area contributed by atoms with Gasteiger partial charge in [0.05, 0.1) is 0 Å². The zero-order valence-electron chi connectivity index (χ0n) is 10.5. The molecule has 16 heavy (non-hydrogen) atoms. The second-order valence-corrected chi connectivity index (χ2v) is 4.29. The largest absolute Gasteiger partial charge is 0.384 e. The van der Waals surface area contributed by atoms with Gasteiger partial charge in [-0.1, -0.05) is 0 Å². The molecule has 0 heterocycles. The van der Waals surface area contributed by atoms with Gasteiger partial charge >= 0.3 is 0 Å². The molecule has 0 saturated carbocycles. The maximum Gasteiger partial charge on any atom is 0.122 e. The summed E-state index contributed by atoms with van der Waals surface area (Å²) in [7, 11) is 0. The van der Waals surface area contributed by atoms with E-state index in [-0.39, 0.29) is 5.84 Å². The first kappa shape index (κ1) is 12.6. The minimum Gasteiger partial charge on any atom is -0.384 e. The van der Waals surface area contributed by atoms with Gasteiger partial charge in [-0.15, -0.1) is 0 Å². The van der Waals surface area contributed by atoms with E-state index in [1.165, 1.54) is 11.3 Å². The Hall–Kier alpha value is -1.51. The van der Waals surface area contributed by atoms with Gasteiger partial charge in [0, 0.05) is 23.8 Å². The summed E-state index contributed by atoms with van der Waals surface area (Å²) in [6, 6.07) is 6.42. The van der Waals surface area contributed by atoms with Crippen LogP contribution in [0.2, 0.25) is 0 Å². The maximum absolute atomic E-state index is 7.40. The van der Waals surface area contributed by atoms with Gasteiger partial charge in [-0.3, -0.25) is 5.41 Å². The van der Waals surface area contributed by atoms with Crippen molar-refractivity contribution in [2.45, 2.75) is 33.7 Å². The molecule has 0 saturated heterocycles. The highest BCUT2D eigenvalue weighted by Crippen LogP contribution is 2.22. The van der Waals surface area contributed by atoms with Crippen LogP contribution in [0.25, 0.3) is 0 Å². The Labute approximate surface area is 97.8 Å². The van der Waals surface area contributed by atoms with E-state index in [4.69, 9.17) is 11.1 Å². The summed E-state index contributed by atoms with van der Waals surface area (Å²) in [5.74, 6) is 0.127. The highest BCUT2D eigenvalue weighted by molar-refractivity contribution is 5.95. The van der Waals surface area contributed by atoms with Gasteiger partial charge in [0.2, 0.25) is 0 Å². The van der Waals surface area contributed by atoms with Crippen LogP contribution >= 0.6 is 0 Å². The summed E-state index contributed by atoms with van der Waals surface area (Å²) in [6.45, 7) is 9.56. The number of benzene rings is 1. The maximum atomic E-state index is 7.40. The number of nitrogens with one attached hydrogen (secondary N) is 1. The van der Waals surface area contributed by atoms with Crippen LogP contribution in [0.5, 0.6) is 0 Å². The SMILES string of the molecule is CCN(c1ccc(C(=N)N)cc1C)C(C)C. The zero-order valence-corrected chi connectivity index (χ0v) is 10.5. The molecule has 1 aromatic carbocycles. The fourth-order valence-corrected chi connectivity index (χ4v) is 1.96. The van der Waals surface area contributed by atoms with Crippen molar-refractivity contribution in [1.82, 2.24) is 0 Å². The predicted molar refractivity (Wildman–Crippen MR) is 70.4 cm³/mol. The third-order valence-electron chi connectivity index (χ3n) is 2.78. The molecule has 0 aliphatic carbocycles. The molecule has 0 aliphatic rings. The Balaban J connectivity index is 3.11. The van der Waals surface area contributed by atoms with Crippen LogP contribution in [0.3, 0.4) is 0 Å². The van der Waals surface area contributed by atoms with Crippen molar-refractivity contribution in [3.63, 3.8) is 0 Å². The molecule has 3 nitrogen and oxygen atoms in total. The van der Waals surface area contributed by atoms with Crippen LogP contribution in [0.15, 0.2) is 18.2 Å². The highest BCUT2D eigenvalue weighted by Gasteiger charge is 2.11. The molecule has 0 amide bonds. The molecular formula is C13H21N3. The molecule has 0 fully saturated rings.